The van der Waals surface area contributed by atoms with Crippen LogP contribution in [0.25, 0.3) is 0 Å². The first-order valence-electron chi connectivity index (χ1n) is 7.16. The number of carbonyl (C=O) groups excluding carboxylic acids is 1. The maximum Gasteiger partial charge on any atom is 0.341 e. The number of ether oxygens (including phenoxy) is 2. The summed E-state index contributed by atoms with van der Waals surface area (Å²) in [4.78, 5) is 19.9. The molecule has 1 heterocycles. The molecule has 1 aromatic heterocycles. The van der Waals surface area contributed by atoms with E-state index in [1.807, 2.05) is 0 Å². The van der Waals surface area contributed by atoms with Crippen LogP contribution in [0.1, 0.15) is 42.2 Å². The molecule has 0 aliphatic heterocycles. The number of hydrogen-bond acceptors (Lipinski definition) is 5. The first-order chi connectivity index (χ1) is 11.0. The molecule has 1 rings (SSSR count). The summed E-state index contributed by atoms with van der Waals surface area (Å²) in [6.07, 6.45) is 1.15. The van der Waals surface area contributed by atoms with Crippen LogP contribution in [0.5, 0.6) is 6.01 Å². The maximum absolute atomic E-state index is 12.2. The second kappa shape index (κ2) is 10.1. The third-order valence-corrected chi connectivity index (χ3v) is 3.24. The van der Waals surface area contributed by atoms with Crippen LogP contribution in [0.15, 0.2) is 17.9 Å². The molecule has 0 aliphatic rings. The Morgan fingerprint density at radius 2 is 2.04 bits per heavy atom. The maximum atomic E-state index is 12.2. The van der Waals surface area contributed by atoms with E-state index in [1.54, 1.807) is 6.92 Å². The molecular weight excluding hydrogens is 330 g/mol. The summed E-state index contributed by atoms with van der Waals surface area (Å²) in [7, 11) is 0. The van der Waals surface area contributed by atoms with Gasteiger partial charge in [0.15, 0.2) is 0 Å². The number of aryl methyl sites for hydroxylation is 1. The van der Waals surface area contributed by atoms with E-state index in [1.165, 1.54) is 13.1 Å². The van der Waals surface area contributed by atoms with Crippen molar-refractivity contribution in [1.82, 2.24) is 9.97 Å². The molecule has 128 valence electrons. The molecule has 0 aromatic carbocycles. The summed E-state index contributed by atoms with van der Waals surface area (Å²) < 4.78 is 34.7. The number of nitrogens with zero attached hydrogens (tertiary/aromatic N) is 2. The Hall–Kier alpha value is -1.76. The molecule has 0 saturated heterocycles. The first-order valence-corrected chi connectivity index (χ1v) is 7.69. The van der Waals surface area contributed by atoms with E-state index in [0.717, 1.165) is 12.8 Å². The summed E-state index contributed by atoms with van der Waals surface area (Å²) >= 11 is 5.56. The lowest BCUT2D eigenvalue weighted by molar-refractivity contribution is 0.0505. The van der Waals surface area contributed by atoms with Crippen molar-refractivity contribution in [3.05, 3.63) is 29.1 Å². The van der Waals surface area contributed by atoms with Crippen LogP contribution in [-0.4, -0.2) is 35.0 Å². The van der Waals surface area contributed by atoms with E-state index < -0.39 is 12.0 Å². The summed E-state index contributed by atoms with van der Waals surface area (Å²) in [6, 6.07) is 0.173. The van der Waals surface area contributed by atoms with Crippen molar-refractivity contribution in [2.75, 3.05) is 19.1 Å². The average molecular weight is 349 g/mol. The fraction of sp³-hybridized carbons (Fsp3) is 0.533. The number of hydrogen-bond donors (Lipinski definition) is 0. The van der Waals surface area contributed by atoms with Crippen molar-refractivity contribution in [2.45, 2.75) is 33.1 Å². The zero-order valence-corrected chi connectivity index (χ0v) is 13.8. The molecule has 0 aliphatic carbocycles. The van der Waals surface area contributed by atoms with Gasteiger partial charge in [0.2, 0.25) is 0 Å². The normalized spacial score (nSPS) is 10.3. The lowest BCUT2D eigenvalue weighted by Crippen LogP contribution is -2.11. The topological polar surface area (TPSA) is 61.3 Å². The fourth-order valence-electron chi connectivity index (χ4n) is 1.54. The minimum absolute atomic E-state index is 0.0181. The Labute approximate surface area is 138 Å². The van der Waals surface area contributed by atoms with Gasteiger partial charge in [-0.3, -0.25) is 0 Å². The zero-order valence-electron chi connectivity index (χ0n) is 13.1. The highest BCUT2D eigenvalue weighted by Crippen LogP contribution is 2.13. The third kappa shape index (κ3) is 6.90. The van der Waals surface area contributed by atoms with Crippen LogP contribution in [-0.2, 0) is 4.74 Å². The number of aromatic nitrogens is 2. The van der Waals surface area contributed by atoms with Crippen molar-refractivity contribution in [3.63, 3.8) is 0 Å². The first kappa shape index (κ1) is 19.3. The molecule has 5 nitrogen and oxygen atoms in total. The van der Waals surface area contributed by atoms with Crippen molar-refractivity contribution in [1.29, 1.82) is 0 Å². The van der Waals surface area contributed by atoms with Gasteiger partial charge in [0.05, 0.1) is 24.5 Å². The molecule has 0 radical (unpaired) electrons. The van der Waals surface area contributed by atoms with Gasteiger partial charge in [-0.15, -0.1) is 11.6 Å². The van der Waals surface area contributed by atoms with Crippen LogP contribution in [0, 0.1) is 6.92 Å². The Balaban J connectivity index is 2.53. The molecule has 0 amide bonds. The van der Waals surface area contributed by atoms with Gasteiger partial charge in [0.25, 0.3) is 6.08 Å². The van der Waals surface area contributed by atoms with E-state index in [4.69, 9.17) is 21.1 Å². The average Bonchev–Trinajstić information content (AvgIpc) is 2.51. The van der Waals surface area contributed by atoms with Gasteiger partial charge in [-0.1, -0.05) is 0 Å². The number of halogens is 3. The Morgan fingerprint density at radius 3 is 2.65 bits per heavy atom. The van der Waals surface area contributed by atoms with Gasteiger partial charge in [-0.2, -0.15) is 13.8 Å². The minimum Gasteiger partial charge on any atom is -0.463 e. The predicted octanol–water partition coefficient (Wildman–Crippen LogP) is 3.90. The number of rotatable bonds is 9. The molecule has 0 unspecified atom stereocenters. The largest absolute Gasteiger partial charge is 0.463 e. The molecule has 0 spiro atoms. The van der Waals surface area contributed by atoms with Crippen molar-refractivity contribution < 1.29 is 23.0 Å². The smallest absolute Gasteiger partial charge is 0.341 e. The Bertz CT molecular complexity index is 564. The molecule has 0 N–H and O–H groups in total. The molecule has 0 saturated carbocycles. The molecule has 23 heavy (non-hydrogen) atoms. The highest BCUT2D eigenvalue weighted by atomic mass is 35.5. The standard InChI is InChI=1S/C15H19ClF2N2O3/c1-10(13(17)18)5-8-22-14(21)12-9-19-15(20-11(12)2)23-7-4-3-6-16/h9H,3-8H2,1-2H3. The summed E-state index contributed by atoms with van der Waals surface area (Å²) in [5.74, 6) is -0.0853. The number of unbranched alkanes of at least 4 members (excludes halogenated alkanes) is 1. The van der Waals surface area contributed by atoms with Crippen molar-refractivity contribution in [2.24, 2.45) is 0 Å². The van der Waals surface area contributed by atoms with E-state index in [2.05, 4.69) is 9.97 Å². The van der Waals surface area contributed by atoms with Crippen molar-refractivity contribution >= 4 is 17.6 Å². The summed E-state index contributed by atoms with van der Waals surface area (Å²) in [6.45, 7) is 3.22. The number of carbonyl (C=O) groups is 1. The van der Waals surface area contributed by atoms with Gasteiger partial charge in [0, 0.05) is 18.5 Å². The molecular formula is C15H19ClF2N2O3. The van der Waals surface area contributed by atoms with Crippen LogP contribution < -0.4 is 4.74 Å². The quantitative estimate of drug-likeness (QED) is 0.385. The van der Waals surface area contributed by atoms with Crippen LogP contribution in [0.2, 0.25) is 0 Å². The van der Waals surface area contributed by atoms with Gasteiger partial charge in [-0.05, 0) is 32.3 Å². The van der Waals surface area contributed by atoms with E-state index in [9.17, 15) is 13.6 Å². The minimum atomic E-state index is -1.75. The van der Waals surface area contributed by atoms with Crippen LogP contribution >= 0.6 is 11.6 Å². The second-order valence-electron chi connectivity index (χ2n) is 4.82. The van der Waals surface area contributed by atoms with Gasteiger partial charge < -0.3 is 9.47 Å². The van der Waals surface area contributed by atoms with Gasteiger partial charge in [-0.25, -0.2) is 9.78 Å². The van der Waals surface area contributed by atoms with Crippen LogP contribution in [0.3, 0.4) is 0 Å². The van der Waals surface area contributed by atoms with Gasteiger partial charge in [0.1, 0.15) is 0 Å². The lowest BCUT2D eigenvalue weighted by Gasteiger charge is -2.08. The predicted molar refractivity (Wildman–Crippen MR) is 82.0 cm³/mol. The molecule has 8 heteroatoms. The monoisotopic (exact) mass is 348 g/mol. The van der Waals surface area contributed by atoms with Crippen molar-refractivity contribution in [3.8, 4) is 6.01 Å². The SMILES string of the molecule is CC(CCOC(=O)c1cnc(OCCCCCl)nc1C)=C(F)F. The number of alkyl halides is 1. The zero-order chi connectivity index (χ0) is 17.2. The Kier molecular flexibility index (Phi) is 8.47. The molecule has 1 aromatic rings. The van der Waals surface area contributed by atoms with E-state index in [-0.39, 0.29) is 30.2 Å². The third-order valence-electron chi connectivity index (χ3n) is 2.97. The number of esters is 1. The van der Waals surface area contributed by atoms with Crippen LogP contribution in [0.4, 0.5) is 8.78 Å². The molecule has 0 atom stereocenters. The second-order valence-corrected chi connectivity index (χ2v) is 5.20. The molecule has 0 fully saturated rings. The summed E-state index contributed by atoms with van der Waals surface area (Å²) in [5.41, 5.74) is 0.480. The lowest BCUT2D eigenvalue weighted by atomic mass is 10.2. The fourth-order valence-corrected chi connectivity index (χ4v) is 1.73. The highest BCUT2D eigenvalue weighted by Gasteiger charge is 2.14. The van der Waals surface area contributed by atoms with E-state index in [0.29, 0.717) is 18.2 Å². The van der Waals surface area contributed by atoms with E-state index >= 15 is 0 Å². The Morgan fingerprint density at radius 1 is 1.30 bits per heavy atom. The van der Waals surface area contributed by atoms with Gasteiger partial charge >= 0.3 is 12.0 Å². The summed E-state index contributed by atoms with van der Waals surface area (Å²) in [5, 5.41) is 0. The molecule has 0 bridgehead atoms. The highest BCUT2D eigenvalue weighted by molar-refractivity contribution is 6.17.